The van der Waals surface area contributed by atoms with Gasteiger partial charge in [0.25, 0.3) is 36.0 Å². The van der Waals surface area contributed by atoms with Gasteiger partial charge >= 0.3 is 0 Å². The third kappa shape index (κ3) is 7.55. The predicted octanol–water partition coefficient (Wildman–Crippen LogP) is 5.03. The molecule has 16 nitrogen and oxygen atoms in total. The zero-order valence-corrected chi connectivity index (χ0v) is 24.7. The number of nitrogen functional groups attached to an aromatic ring is 1. The lowest BCUT2D eigenvalue weighted by Gasteiger charge is -2.09. The Morgan fingerprint density at radius 2 is 1.27 bits per heavy atom. The first kappa shape index (κ1) is 32.9. The van der Waals surface area contributed by atoms with E-state index in [0.717, 1.165) is 35.0 Å². The molecule has 234 valence electrons. The number of benzene rings is 5. The number of non-ortho nitro benzene ring substituents is 1. The van der Waals surface area contributed by atoms with Crippen molar-refractivity contribution >= 4 is 74.6 Å². The van der Waals surface area contributed by atoms with E-state index in [-0.39, 0.29) is 27.0 Å². The van der Waals surface area contributed by atoms with Gasteiger partial charge in [0.2, 0.25) is 0 Å². The standard InChI is InChI=1S/C16H12N4O9S2.C10H8O3S/c17-11-3-1-8-5-10(30(24,25)26)7-13(21)15(8)16(11)19-18-12-4-2-9(20(22)23)6-14(12)31(27,28)29;11-14(12,13)10-6-5-8-3-1-2-4-9(8)7-10/h1-7,21H,17H2,(H,24,25,26)(H,27,28,29);1-7H,(H,11,12,13). The number of nitrogens with two attached hydrogens (primary N) is 1. The quantitative estimate of drug-likeness (QED) is 0.0519. The van der Waals surface area contributed by atoms with E-state index in [1.54, 1.807) is 12.1 Å². The van der Waals surface area contributed by atoms with Crippen LogP contribution in [0, 0.1) is 10.1 Å². The van der Waals surface area contributed by atoms with Crippen LogP contribution in [0.5, 0.6) is 5.75 Å². The zero-order chi connectivity index (χ0) is 33.3. The molecule has 6 N–H and O–H groups in total. The molecule has 5 aromatic carbocycles. The summed E-state index contributed by atoms with van der Waals surface area (Å²) in [6.45, 7) is 0. The summed E-state index contributed by atoms with van der Waals surface area (Å²) in [6.07, 6.45) is 0. The van der Waals surface area contributed by atoms with E-state index in [1.165, 1.54) is 24.3 Å². The van der Waals surface area contributed by atoms with Gasteiger partial charge in [-0.3, -0.25) is 23.8 Å². The smallest absolute Gasteiger partial charge is 0.297 e. The van der Waals surface area contributed by atoms with Crippen molar-refractivity contribution in [3.05, 3.63) is 95.0 Å². The Morgan fingerprint density at radius 1 is 0.667 bits per heavy atom. The number of nitro groups is 1. The van der Waals surface area contributed by atoms with Crippen LogP contribution in [0.15, 0.2) is 110 Å². The van der Waals surface area contributed by atoms with E-state index in [4.69, 9.17) is 10.3 Å². The average Bonchev–Trinajstić information content (AvgIpc) is 2.95. The van der Waals surface area contributed by atoms with E-state index in [9.17, 15) is 49.6 Å². The van der Waals surface area contributed by atoms with E-state index >= 15 is 0 Å². The van der Waals surface area contributed by atoms with E-state index in [2.05, 4.69) is 10.2 Å². The summed E-state index contributed by atoms with van der Waals surface area (Å²) in [5.41, 5.74) is 4.54. The number of hydrogen-bond acceptors (Lipinski definition) is 12. The Labute approximate surface area is 254 Å². The summed E-state index contributed by atoms with van der Waals surface area (Å²) < 4.78 is 94.9. The van der Waals surface area contributed by atoms with Crippen LogP contribution in [0.3, 0.4) is 0 Å². The van der Waals surface area contributed by atoms with Crippen molar-refractivity contribution in [3.8, 4) is 5.75 Å². The van der Waals surface area contributed by atoms with Crippen LogP contribution < -0.4 is 5.73 Å². The van der Waals surface area contributed by atoms with Gasteiger partial charge in [0.1, 0.15) is 22.0 Å². The van der Waals surface area contributed by atoms with Crippen molar-refractivity contribution in [1.82, 2.24) is 0 Å². The molecule has 0 atom stereocenters. The van der Waals surface area contributed by atoms with Crippen LogP contribution in [0.2, 0.25) is 0 Å². The van der Waals surface area contributed by atoms with Crippen molar-refractivity contribution in [2.24, 2.45) is 10.2 Å². The molecule has 0 aromatic heterocycles. The molecule has 0 aliphatic heterocycles. The molecule has 5 rings (SSSR count). The van der Waals surface area contributed by atoms with Crippen LogP contribution in [0.25, 0.3) is 21.5 Å². The molecular formula is C26H20N4O12S3. The van der Waals surface area contributed by atoms with E-state index in [0.29, 0.717) is 6.07 Å². The maximum absolute atomic E-state index is 11.6. The molecule has 0 bridgehead atoms. The van der Waals surface area contributed by atoms with Gasteiger partial charge in [-0.05, 0) is 46.5 Å². The summed E-state index contributed by atoms with van der Waals surface area (Å²) in [4.78, 5) is 8.45. The van der Waals surface area contributed by atoms with E-state index < -0.39 is 62.2 Å². The second-order valence-corrected chi connectivity index (χ2v) is 13.3. The summed E-state index contributed by atoms with van der Waals surface area (Å²) in [6, 6.07) is 18.8. The Hall–Kier alpha value is -5.05. The fourth-order valence-electron chi connectivity index (χ4n) is 4.01. The molecule has 0 saturated carbocycles. The zero-order valence-electron chi connectivity index (χ0n) is 22.3. The molecule has 5 aromatic rings. The molecule has 0 unspecified atom stereocenters. The molecule has 0 spiro atoms. The minimum absolute atomic E-state index is 0.0403. The maximum Gasteiger partial charge on any atom is 0.297 e. The molecule has 0 aliphatic carbocycles. The third-order valence-corrected chi connectivity index (χ3v) is 8.64. The highest BCUT2D eigenvalue weighted by atomic mass is 32.2. The number of anilines is 1. The number of fused-ring (bicyclic) bond motifs is 2. The van der Waals surface area contributed by atoms with Crippen molar-refractivity contribution in [2.45, 2.75) is 14.7 Å². The summed E-state index contributed by atoms with van der Waals surface area (Å²) in [7, 11) is -13.6. The fraction of sp³-hybridized carbons (Fsp3) is 0. The lowest BCUT2D eigenvalue weighted by molar-refractivity contribution is -0.385. The predicted molar refractivity (Wildman–Crippen MR) is 161 cm³/mol. The molecular weight excluding hydrogens is 657 g/mol. The van der Waals surface area contributed by atoms with E-state index in [1.807, 2.05) is 18.2 Å². The number of hydrogen-bond donors (Lipinski definition) is 5. The first-order chi connectivity index (χ1) is 20.9. The van der Waals surface area contributed by atoms with Crippen LogP contribution in [0.4, 0.5) is 22.7 Å². The molecule has 0 fully saturated rings. The Morgan fingerprint density at radius 3 is 1.87 bits per heavy atom. The molecule has 19 heteroatoms. The molecule has 0 radical (unpaired) electrons. The molecule has 45 heavy (non-hydrogen) atoms. The SMILES string of the molecule is Nc1ccc2cc(S(=O)(=O)O)cc(O)c2c1N=Nc1ccc([N+](=O)[O-])cc1S(=O)(=O)O.O=S(=O)(O)c1ccc2ccccc2c1. The second kappa shape index (κ2) is 12.1. The highest BCUT2D eigenvalue weighted by Crippen LogP contribution is 2.41. The normalized spacial score (nSPS) is 12.2. The lowest BCUT2D eigenvalue weighted by atomic mass is 10.1. The average molecular weight is 677 g/mol. The molecule has 0 heterocycles. The molecule has 0 saturated heterocycles. The summed E-state index contributed by atoms with van der Waals surface area (Å²) in [5, 5.41) is 30.4. The van der Waals surface area contributed by atoms with Crippen LogP contribution in [-0.2, 0) is 30.4 Å². The largest absolute Gasteiger partial charge is 0.507 e. The van der Waals surface area contributed by atoms with Gasteiger partial charge in [0, 0.05) is 18.2 Å². The minimum Gasteiger partial charge on any atom is -0.507 e. The fourth-order valence-corrected chi connectivity index (χ4v) is 5.70. The van der Waals surface area contributed by atoms with Gasteiger partial charge in [-0.2, -0.15) is 25.3 Å². The van der Waals surface area contributed by atoms with Gasteiger partial charge in [-0.15, -0.1) is 10.2 Å². The van der Waals surface area contributed by atoms with Gasteiger partial charge in [-0.1, -0.05) is 36.4 Å². The number of nitro benzene ring substituents is 1. The number of nitrogens with zero attached hydrogens (tertiary/aromatic N) is 3. The Kier molecular flexibility index (Phi) is 8.87. The van der Waals surface area contributed by atoms with Gasteiger partial charge in [-0.25, -0.2) is 0 Å². The summed E-state index contributed by atoms with van der Waals surface area (Å²) >= 11 is 0. The third-order valence-electron chi connectivity index (χ3n) is 6.08. The number of aromatic hydroxyl groups is 1. The van der Waals surface area contributed by atoms with Crippen molar-refractivity contribution in [1.29, 1.82) is 0 Å². The van der Waals surface area contributed by atoms with Crippen LogP contribution >= 0.6 is 0 Å². The topological polar surface area (TPSA) is 277 Å². The molecule has 0 aliphatic rings. The van der Waals surface area contributed by atoms with Crippen molar-refractivity contribution in [2.75, 3.05) is 5.73 Å². The van der Waals surface area contributed by atoms with Gasteiger partial charge < -0.3 is 10.8 Å². The second-order valence-electron chi connectivity index (χ2n) is 9.09. The van der Waals surface area contributed by atoms with Crippen LogP contribution in [0.1, 0.15) is 0 Å². The first-order valence-electron chi connectivity index (χ1n) is 12.0. The summed E-state index contributed by atoms with van der Waals surface area (Å²) in [5.74, 6) is -0.620. The lowest BCUT2D eigenvalue weighted by Crippen LogP contribution is -2.00. The Bertz CT molecular complexity index is 2360. The van der Waals surface area contributed by atoms with Gasteiger partial charge in [0.05, 0.1) is 25.8 Å². The Balaban J connectivity index is 0.000000273. The number of rotatable bonds is 6. The maximum atomic E-state index is 11.6. The van der Waals surface area contributed by atoms with Gasteiger partial charge in [0.15, 0.2) is 0 Å². The highest BCUT2D eigenvalue weighted by molar-refractivity contribution is 7.86. The number of phenolic OH excluding ortho intramolecular Hbond substituents is 1. The highest BCUT2D eigenvalue weighted by Gasteiger charge is 2.21. The van der Waals surface area contributed by atoms with Crippen LogP contribution in [-0.4, -0.2) is 48.9 Å². The first-order valence-corrected chi connectivity index (χ1v) is 16.3. The minimum atomic E-state index is -4.91. The monoisotopic (exact) mass is 676 g/mol. The van der Waals surface area contributed by atoms with Crippen molar-refractivity contribution < 1.29 is 48.9 Å². The number of azo groups is 1. The molecule has 0 amide bonds. The number of phenols is 1. The van der Waals surface area contributed by atoms with Crippen molar-refractivity contribution in [3.63, 3.8) is 0 Å².